The molecule has 0 aromatic heterocycles. The minimum atomic E-state index is -0.917. The van der Waals surface area contributed by atoms with Crippen molar-refractivity contribution in [1.29, 1.82) is 0 Å². The van der Waals surface area contributed by atoms with Crippen LogP contribution in [0, 0.1) is 0 Å². The van der Waals surface area contributed by atoms with Gasteiger partial charge in [-0.05, 0) is 50.1 Å². The number of hydrogen-bond donors (Lipinski definition) is 1. The standard InChI is InChI=1S/C23H27NO5/c1-4-18(20-8-6-5-7-9-20)14-24-23(27)17(3)29-22(26)15-28-21-12-10-19(11-13-21)16(2)25/h5-13,17-18H,4,14-15H2,1-3H3,(H,24,27)/t17-,18-/m0/s1. The summed E-state index contributed by atoms with van der Waals surface area (Å²) in [5.41, 5.74) is 1.72. The highest BCUT2D eigenvalue weighted by Crippen LogP contribution is 2.18. The van der Waals surface area contributed by atoms with Crippen molar-refractivity contribution in [2.24, 2.45) is 0 Å². The summed E-state index contributed by atoms with van der Waals surface area (Å²) in [6.45, 7) is 5.22. The lowest BCUT2D eigenvalue weighted by atomic mass is 9.96. The van der Waals surface area contributed by atoms with Gasteiger partial charge in [-0.3, -0.25) is 9.59 Å². The molecule has 0 radical (unpaired) electrons. The number of benzene rings is 2. The zero-order chi connectivity index (χ0) is 21.2. The second-order valence-electron chi connectivity index (χ2n) is 6.76. The Labute approximate surface area is 171 Å². The van der Waals surface area contributed by atoms with Crippen molar-refractivity contribution in [3.63, 3.8) is 0 Å². The molecule has 154 valence electrons. The number of nitrogens with one attached hydrogen (secondary N) is 1. The first-order chi connectivity index (χ1) is 13.9. The molecule has 1 amide bonds. The fourth-order valence-electron chi connectivity index (χ4n) is 2.80. The van der Waals surface area contributed by atoms with Crippen LogP contribution in [0.5, 0.6) is 5.75 Å². The third kappa shape index (κ3) is 7.07. The molecule has 2 rings (SSSR count). The van der Waals surface area contributed by atoms with Crippen molar-refractivity contribution < 1.29 is 23.9 Å². The SMILES string of the molecule is CC[C@@H](CNC(=O)[C@H](C)OC(=O)COc1ccc(C(C)=O)cc1)c1ccccc1. The number of ether oxygens (including phenoxy) is 2. The minimum Gasteiger partial charge on any atom is -0.482 e. The number of ketones is 1. The Balaban J connectivity index is 1.76. The number of carbonyl (C=O) groups excluding carboxylic acids is 3. The molecule has 0 saturated carbocycles. The van der Waals surface area contributed by atoms with E-state index in [0.29, 0.717) is 17.9 Å². The quantitative estimate of drug-likeness (QED) is 0.490. The number of Topliss-reactive ketones (excluding diaryl/α,β-unsaturated/α-hetero) is 1. The van der Waals surface area contributed by atoms with Crippen LogP contribution in [0.4, 0.5) is 0 Å². The average Bonchev–Trinajstić information content (AvgIpc) is 2.73. The van der Waals surface area contributed by atoms with E-state index in [2.05, 4.69) is 12.2 Å². The van der Waals surface area contributed by atoms with E-state index in [1.165, 1.54) is 13.8 Å². The van der Waals surface area contributed by atoms with Crippen molar-refractivity contribution >= 4 is 17.7 Å². The summed E-state index contributed by atoms with van der Waals surface area (Å²) in [7, 11) is 0. The molecule has 0 bridgehead atoms. The molecule has 0 aliphatic carbocycles. The molecule has 0 heterocycles. The van der Waals surface area contributed by atoms with E-state index >= 15 is 0 Å². The molecule has 29 heavy (non-hydrogen) atoms. The van der Waals surface area contributed by atoms with Crippen LogP contribution in [-0.4, -0.2) is 36.9 Å². The summed E-state index contributed by atoms with van der Waals surface area (Å²) >= 11 is 0. The second kappa shape index (κ2) is 11.0. The van der Waals surface area contributed by atoms with E-state index in [4.69, 9.17) is 9.47 Å². The highest BCUT2D eigenvalue weighted by atomic mass is 16.6. The Morgan fingerprint density at radius 2 is 1.66 bits per heavy atom. The molecule has 0 aliphatic heterocycles. The van der Waals surface area contributed by atoms with Crippen LogP contribution in [0.3, 0.4) is 0 Å². The molecule has 1 N–H and O–H groups in total. The molecule has 2 aromatic rings. The fraction of sp³-hybridized carbons (Fsp3) is 0.348. The Kier molecular flexibility index (Phi) is 8.40. The van der Waals surface area contributed by atoms with Gasteiger partial charge in [0.1, 0.15) is 5.75 Å². The van der Waals surface area contributed by atoms with Gasteiger partial charge in [-0.15, -0.1) is 0 Å². The van der Waals surface area contributed by atoms with E-state index in [1.807, 2.05) is 30.3 Å². The number of hydrogen-bond acceptors (Lipinski definition) is 5. The zero-order valence-electron chi connectivity index (χ0n) is 17.0. The van der Waals surface area contributed by atoms with Gasteiger partial charge in [-0.25, -0.2) is 4.79 Å². The first-order valence-electron chi connectivity index (χ1n) is 9.66. The molecule has 0 fully saturated rings. The molecular weight excluding hydrogens is 370 g/mol. The van der Waals surface area contributed by atoms with Crippen LogP contribution >= 0.6 is 0 Å². The van der Waals surface area contributed by atoms with Crippen molar-refractivity contribution in [1.82, 2.24) is 5.32 Å². The normalized spacial score (nSPS) is 12.5. The van der Waals surface area contributed by atoms with Gasteiger partial charge in [-0.2, -0.15) is 0 Å². The van der Waals surface area contributed by atoms with E-state index in [1.54, 1.807) is 24.3 Å². The molecule has 6 nitrogen and oxygen atoms in total. The monoisotopic (exact) mass is 397 g/mol. The lowest BCUT2D eigenvalue weighted by molar-refractivity contribution is -0.156. The maximum atomic E-state index is 12.2. The number of carbonyl (C=O) groups is 3. The fourth-order valence-corrected chi connectivity index (χ4v) is 2.80. The summed E-state index contributed by atoms with van der Waals surface area (Å²) in [6, 6.07) is 16.4. The topological polar surface area (TPSA) is 81.7 Å². The Morgan fingerprint density at radius 3 is 2.24 bits per heavy atom. The van der Waals surface area contributed by atoms with Crippen molar-refractivity contribution in [2.45, 2.75) is 39.2 Å². The first-order valence-corrected chi connectivity index (χ1v) is 9.66. The van der Waals surface area contributed by atoms with Crippen LogP contribution < -0.4 is 10.1 Å². The van der Waals surface area contributed by atoms with Crippen LogP contribution in [0.2, 0.25) is 0 Å². The van der Waals surface area contributed by atoms with Gasteiger partial charge in [0, 0.05) is 18.0 Å². The van der Waals surface area contributed by atoms with Gasteiger partial charge in [-0.1, -0.05) is 37.3 Å². The Bertz CT molecular complexity index is 817. The third-order valence-electron chi connectivity index (χ3n) is 4.58. The average molecular weight is 397 g/mol. The maximum Gasteiger partial charge on any atom is 0.344 e. The van der Waals surface area contributed by atoms with E-state index in [9.17, 15) is 14.4 Å². The predicted molar refractivity (Wildman–Crippen MR) is 110 cm³/mol. The van der Waals surface area contributed by atoms with Crippen molar-refractivity contribution in [3.8, 4) is 5.75 Å². The van der Waals surface area contributed by atoms with Gasteiger partial charge in [0.2, 0.25) is 0 Å². The molecular formula is C23H27NO5. The molecule has 2 aromatic carbocycles. The second-order valence-corrected chi connectivity index (χ2v) is 6.76. The summed E-state index contributed by atoms with van der Waals surface area (Å²) in [4.78, 5) is 35.4. The van der Waals surface area contributed by atoms with Crippen LogP contribution in [-0.2, 0) is 14.3 Å². The van der Waals surface area contributed by atoms with E-state index in [0.717, 1.165) is 12.0 Å². The molecule has 0 aliphatic rings. The Morgan fingerprint density at radius 1 is 1.00 bits per heavy atom. The van der Waals surface area contributed by atoms with E-state index in [-0.39, 0.29) is 24.2 Å². The summed E-state index contributed by atoms with van der Waals surface area (Å²) in [6.07, 6.45) is -0.0335. The van der Waals surface area contributed by atoms with Crippen molar-refractivity contribution in [3.05, 3.63) is 65.7 Å². The largest absolute Gasteiger partial charge is 0.482 e. The van der Waals surface area contributed by atoms with Gasteiger partial charge < -0.3 is 14.8 Å². The lowest BCUT2D eigenvalue weighted by Gasteiger charge is -2.18. The summed E-state index contributed by atoms with van der Waals surface area (Å²) in [5, 5.41) is 2.84. The molecule has 0 unspecified atom stereocenters. The molecule has 0 spiro atoms. The summed E-state index contributed by atoms with van der Waals surface area (Å²) < 4.78 is 10.5. The van der Waals surface area contributed by atoms with Crippen LogP contribution in [0.15, 0.2) is 54.6 Å². The molecule has 6 heteroatoms. The number of rotatable bonds is 10. The van der Waals surface area contributed by atoms with Crippen LogP contribution in [0.1, 0.15) is 49.0 Å². The molecule has 0 saturated heterocycles. The smallest absolute Gasteiger partial charge is 0.344 e. The highest BCUT2D eigenvalue weighted by molar-refractivity contribution is 5.94. The third-order valence-corrected chi connectivity index (χ3v) is 4.58. The van der Waals surface area contributed by atoms with Crippen LogP contribution in [0.25, 0.3) is 0 Å². The predicted octanol–water partition coefficient (Wildman–Crippen LogP) is 3.51. The highest BCUT2D eigenvalue weighted by Gasteiger charge is 2.19. The zero-order valence-corrected chi connectivity index (χ0v) is 17.0. The van der Waals surface area contributed by atoms with Gasteiger partial charge in [0.15, 0.2) is 18.5 Å². The Hall–Kier alpha value is -3.15. The van der Waals surface area contributed by atoms with Gasteiger partial charge in [0.25, 0.3) is 5.91 Å². The number of amides is 1. The van der Waals surface area contributed by atoms with E-state index < -0.39 is 12.1 Å². The first kappa shape index (κ1) is 22.1. The lowest BCUT2D eigenvalue weighted by Crippen LogP contribution is -2.38. The molecule has 2 atom stereocenters. The van der Waals surface area contributed by atoms with Crippen molar-refractivity contribution in [2.75, 3.05) is 13.2 Å². The summed E-state index contributed by atoms with van der Waals surface area (Å²) in [5.74, 6) is -0.396. The minimum absolute atomic E-state index is 0.0478. The van der Waals surface area contributed by atoms with Gasteiger partial charge in [0.05, 0.1) is 0 Å². The number of esters is 1. The van der Waals surface area contributed by atoms with Gasteiger partial charge >= 0.3 is 5.97 Å². The maximum absolute atomic E-state index is 12.2.